The topological polar surface area (TPSA) is 0 Å². The van der Waals surface area contributed by atoms with E-state index in [-0.39, 0.29) is 24.8 Å². The molecule has 0 unspecified atom stereocenters. The van der Waals surface area contributed by atoms with Crippen molar-refractivity contribution in [3.05, 3.63) is 77.9 Å². The molecule has 0 aromatic heterocycles. The van der Waals surface area contributed by atoms with Crippen LogP contribution in [-0.2, 0) is 20.0 Å². The van der Waals surface area contributed by atoms with Crippen LogP contribution in [0.5, 0.6) is 0 Å². The van der Waals surface area contributed by atoms with Crippen LogP contribution in [0.15, 0.2) is 60.7 Å². The van der Waals surface area contributed by atoms with E-state index in [0.29, 0.717) is 11.8 Å². The van der Waals surface area contributed by atoms with E-state index in [0.717, 1.165) is 30.1 Å². The molecule has 0 atom stereocenters. The van der Waals surface area contributed by atoms with E-state index in [9.17, 15) is 0 Å². The van der Waals surface area contributed by atoms with Crippen molar-refractivity contribution in [3.8, 4) is 0 Å². The Morgan fingerprint density at radius 3 is 1.59 bits per heavy atom. The Morgan fingerprint density at radius 2 is 1.24 bits per heavy atom. The molecule has 4 fully saturated rings. The van der Waals surface area contributed by atoms with Crippen molar-refractivity contribution in [2.75, 3.05) is 0 Å². The zero-order valence-electron chi connectivity index (χ0n) is 22.7. The van der Waals surface area contributed by atoms with Gasteiger partial charge in [-0.3, -0.25) is 6.08 Å². The summed E-state index contributed by atoms with van der Waals surface area (Å²) < 4.78 is 1.87. The number of hydrogen-bond donors (Lipinski definition) is 0. The molecule has 5 aliphatic carbocycles. The molecule has 0 aliphatic heterocycles. The molecule has 5 aliphatic rings. The quantitative estimate of drug-likeness (QED) is 0.329. The third-order valence-corrected chi connectivity index (χ3v) is 9.97. The van der Waals surface area contributed by atoms with E-state index in [2.05, 4.69) is 102 Å². The van der Waals surface area contributed by atoms with Gasteiger partial charge in [0.1, 0.15) is 0 Å². The molecular formula is C34H40Cl2Ti-2. The molecule has 4 saturated carbocycles. The Morgan fingerprint density at radius 1 is 0.757 bits per heavy atom. The molecule has 8 rings (SSSR count). The van der Waals surface area contributed by atoms with E-state index >= 15 is 0 Å². The summed E-state index contributed by atoms with van der Waals surface area (Å²) in [5.41, 5.74) is 2.85. The SMILES string of the molecule is CC(C)c1ccc2[cH-]c3ccc(C(C)C)cc3c2c1.[C-]1=CC=CC1.[Cl-].[Cl-].[Ti+2]=[C]1C2CC3CC(C2)CC1C3. The van der Waals surface area contributed by atoms with E-state index in [4.69, 9.17) is 0 Å². The van der Waals surface area contributed by atoms with Gasteiger partial charge in [-0.15, -0.1) is 46.2 Å². The second-order valence-electron chi connectivity index (χ2n) is 11.9. The molecule has 0 radical (unpaired) electrons. The Balaban J connectivity index is 0.000000178. The molecular weight excluding hydrogens is 527 g/mol. The van der Waals surface area contributed by atoms with Crippen molar-refractivity contribution in [2.24, 2.45) is 23.7 Å². The fraction of sp³-hybridized carbons (Fsp3) is 0.471. The van der Waals surface area contributed by atoms with Crippen molar-refractivity contribution < 1.29 is 44.8 Å². The first-order valence-corrected chi connectivity index (χ1v) is 14.6. The van der Waals surface area contributed by atoms with E-state index < -0.39 is 0 Å². The zero-order chi connectivity index (χ0) is 24.5. The van der Waals surface area contributed by atoms with E-state index in [1.807, 2.05) is 16.0 Å². The Kier molecular flexibility index (Phi) is 11.0. The fourth-order valence-electron chi connectivity index (χ4n) is 6.78. The Labute approximate surface area is 248 Å². The van der Waals surface area contributed by atoms with Gasteiger partial charge in [0.25, 0.3) is 0 Å². The monoisotopic (exact) mass is 566 g/mol. The maximum atomic E-state index is 2.99. The summed E-state index contributed by atoms with van der Waals surface area (Å²) in [7, 11) is 0. The van der Waals surface area contributed by atoms with Gasteiger partial charge in [-0.2, -0.15) is 6.08 Å². The number of fused-ring (bicyclic) bond motifs is 3. The summed E-state index contributed by atoms with van der Waals surface area (Å²) in [5, 5.41) is 5.54. The molecule has 37 heavy (non-hydrogen) atoms. The number of rotatable bonds is 2. The zero-order valence-corrected chi connectivity index (χ0v) is 25.8. The summed E-state index contributed by atoms with van der Waals surface area (Å²) in [4.78, 5) is 0. The van der Waals surface area contributed by atoms with Gasteiger partial charge in [-0.05, 0) is 11.8 Å². The summed E-state index contributed by atoms with van der Waals surface area (Å²) in [6.45, 7) is 9.02. The third kappa shape index (κ3) is 6.94. The normalized spacial score (nSPS) is 24.6. The van der Waals surface area contributed by atoms with Crippen molar-refractivity contribution in [3.63, 3.8) is 0 Å². The third-order valence-electron chi connectivity index (χ3n) is 8.69. The van der Waals surface area contributed by atoms with Gasteiger partial charge in [-0.25, -0.2) is 12.2 Å². The molecule has 196 valence electrons. The molecule has 0 heterocycles. The second-order valence-corrected chi connectivity index (χ2v) is 12.8. The van der Waals surface area contributed by atoms with Crippen LogP contribution in [-0.4, -0.2) is 3.81 Å². The average Bonchev–Trinajstić information content (AvgIpc) is 3.53. The van der Waals surface area contributed by atoms with Crippen molar-refractivity contribution in [1.82, 2.24) is 0 Å². The van der Waals surface area contributed by atoms with E-state index in [1.165, 1.54) is 32.7 Å². The molecule has 0 saturated heterocycles. The molecule has 0 nitrogen and oxygen atoms in total. The number of hydrogen-bond acceptors (Lipinski definition) is 0. The minimum atomic E-state index is 0. The van der Waals surface area contributed by atoms with Gasteiger partial charge in [0.2, 0.25) is 0 Å². The van der Waals surface area contributed by atoms with Crippen molar-refractivity contribution >= 4 is 25.4 Å². The summed E-state index contributed by atoms with van der Waals surface area (Å²) in [6, 6.07) is 16.1. The summed E-state index contributed by atoms with van der Waals surface area (Å²) in [5.74, 6) is 5.57. The van der Waals surface area contributed by atoms with Crippen LogP contribution in [0, 0.1) is 29.7 Å². The van der Waals surface area contributed by atoms with Gasteiger partial charge in [0.05, 0.1) is 0 Å². The molecule has 0 amide bonds. The van der Waals surface area contributed by atoms with Crippen LogP contribution in [0.4, 0.5) is 0 Å². The summed E-state index contributed by atoms with van der Waals surface area (Å²) >= 11 is 2.42. The number of halogens is 2. The number of allylic oxidation sites excluding steroid dienone is 4. The molecule has 3 aromatic carbocycles. The van der Waals surface area contributed by atoms with Gasteiger partial charge in [0.15, 0.2) is 0 Å². The van der Waals surface area contributed by atoms with Crippen LogP contribution < -0.4 is 24.8 Å². The first kappa shape index (κ1) is 30.5. The molecule has 3 aromatic rings. The first-order chi connectivity index (χ1) is 16.9. The van der Waals surface area contributed by atoms with E-state index in [1.54, 1.807) is 32.1 Å². The average molecular weight is 567 g/mol. The van der Waals surface area contributed by atoms with Crippen LogP contribution in [0.2, 0.25) is 0 Å². The Bertz CT molecular complexity index is 1160. The molecule has 3 heteroatoms. The van der Waals surface area contributed by atoms with Crippen molar-refractivity contribution in [2.45, 2.75) is 78.1 Å². The van der Waals surface area contributed by atoms with Crippen LogP contribution in [0.3, 0.4) is 0 Å². The van der Waals surface area contributed by atoms with Crippen LogP contribution in [0.25, 0.3) is 21.5 Å². The fourth-order valence-corrected chi connectivity index (χ4v) is 7.52. The first-order valence-electron chi connectivity index (χ1n) is 13.8. The summed E-state index contributed by atoms with van der Waals surface area (Å²) in [6.07, 6.45) is 17.8. The standard InChI is InChI=1S/C19H21.C10H14.C5H5.2ClH.Ti/c1-12(2)14-5-7-16-9-17-8-6-15(13(3)4)11-19(17)18(16)10-14;1-7-2-9-4-8(1)5-10(3-7)6-9;1-2-4-5-3-1;;;/h5-13H,1-4H3;7-10H,1-5H2;1-3H,4H2;2*1H;/q-1;;-1;;;+2/p-2. The molecule has 0 spiro atoms. The van der Waals surface area contributed by atoms with Crippen LogP contribution >= 0.6 is 0 Å². The van der Waals surface area contributed by atoms with Gasteiger partial charge < -0.3 is 24.8 Å². The Hall–Kier alpha value is -1.05. The second kappa shape index (κ2) is 13.3. The molecule has 4 bridgehead atoms. The molecule has 0 N–H and O–H groups in total. The minimum absolute atomic E-state index is 0. The van der Waals surface area contributed by atoms with Crippen LogP contribution in [0.1, 0.15) is 89.2 Å². The van der Waals surface area contributed by atoms with Crippen molar-refractivity contribution in [1.29, 1.82) is 0 Å². The maximum absolute atomic E-state index is 2.99. The van der Waals surface area contributed by atoms with Gasteiger partial charge in [-0.1, -0.05) is 63.1 Å². The van der Waals surface area contributed by atoms with Gasteiger partial charge in [0, 0.05) is 0 Å². The predicted molar refractivity (Wildman–Crippen MR) is 149 cm³/mol. The number of benzene rings is 2. The predicted octanol–water partition coefficient (Wildman–Crippen LogP) is 3.43. The van der Waals surface area contributed by atoms with Gasteiger partial charge >= 0.3 is 79.6 Å².